The summed E-state index contributed by atoms with van der Waals surface area (Å²) in [5.74, 6) is 1.38. The van der Waals surface area contributed by atoms with Gasteiger partial charge >= 0.3 is 0 Å². The minimum Gasteiger partial charge on any atom is -0.315 e. The maximum atomic E-state index is 12.8. The van der Waals surface area contributed by atoms with Crippen molar-refractivity contribution >= 4 is 23.3 Å². The SMILES string of the molecule is CCc1cccc(C)c1N1C[C@H](C(=O)Nc2cnc3n2CCCC3)CC1=O. The first-order valence-corrected chi connectivity index (χ1v) is 9.82. The van der Waals surface area contributed by atoms with Crippen molar-refractivity contribution in [2.75, 3.05) is 16.8 Å². The Labute approximate surface area is 159 Å². The molecule has 142 valence electrons. The molecule has 2 amide bonds. The number of carbonyl (C=O) groups is 2. The molecule has 1 N–H and O–H groups in total. The van der Waals surface area contributed by atoms with E-state index in [1.165, 1.54) is 0 Å². The number of para-hydroxylation sites is 1. The van der Waals surface area contributed by atoms with E-state index < -0.39 is 0 Å². The molecule has 4 rings (SSSR count). The zero-order chi connectivity index (χ0) is 19.0. The van der Waals surface area contributed by atoms with Gasteiger partial charge in [0.05, 0.1) is 12.1 Å². The molecular formula is C21H26N4O2. The second-order valence-corrected chi connectivity index (χ2v) is 7.50. The molecule has 27 heavy (non-hydrogen) atoms. The molecule has 0 unspecified atom stereocenters. The van der Waals surface area contributed by atoms with Gasteiger partial charge in [0.1, 0.15) is 11.6 Å². The lowest BCUT2D eigenvalue weighted by molar-refractivity contribution is -0.122. The highest BCUT2D eigenvalue weighted by atomic mass is 16.2. The number of aromatic nitrogens is 2. The molecule has 6 nitrogen and oxygen atoms in total. The van der Waals surface area contributed by atoms with Gasteiger partial charge in [0.15, 0.2) is 0 Å². The van der Waals surface area contributed by atoms with Crippen LogP contribution in [0.25, 0.3) is 0 Å². The van der Waals surface area contributed by atoms with Gasteiger partial charge in [-0.2, -0.15) is 0 Å². The van der Waals surface area contributed by atoms with E-state index >= 15 is 0 Å². The maximum absolute atomic E-state index is 12.8. The Hall–Kier alpha value is -2.63. The molecule has 0 bridgehead atoms. The number of nitrogens with one attached hydrogen (secondary N) is 1. The Morgan fingerprint density at radius 3 is 3.00 bits per heavy atom. The number of nitrogens with zero attached hydrogens (tertiary/aromatic N) is 3. The molecule has 0 radical (unpaired) electrons. The lowest BCUT2D eigenvalue weighted by Crippen LogP contribution is -2.30. The standard InChI is InChI=1S/C21H26N4O2/c1-3-15-8-6-7-14(2)20(15)25-13-16(11-19(25)26)21(27)23-18-12-22-17-9-4-5-10-24(17)18/h6-8,12,16H,3-5,9-11,13H2,1-2H3,(H,23,27)/t16-/m1/s1. The van der Waals surface area contributed by atoms with Crippen LogP contribution in [0.3, 0.4) is 0 Å². The number of benzene rings is 1. The molecule has 6 heteroatoms. The summed E-state index contributed by atoms with van der Waals surface area (Å²) in [6, 6.07) is 6.10. The van der Waals surface area contributed by atoms with E-state index in [4.69, 9.17) is 0 Å². The van der Waals surface area contributed by atoms with Crippen molar-refractivity contribution in [3.05, 3.63) is 41.3 Å². The van der Waals surface area contributed by atoms with E-state index in [2.05, 4.69) is 27.9 Å². The summed E-state index contributed by atoms with van der Waals surface area (Å²) in [5.41, 5.74) is 3.20. The number of hydrogen-bond donors (Lipinski definition) is 1. The van der Waals surface area contributed by atoms with Crippen molar-refractivity contribution in [3.8, 4) is 0 Å². The maximum Gasteiger partial charge on any atom is 0.230 e. The topological polar surface area (TPSA) is 67.2 Å². The van der Waals surface area contributed by atoms with E-state index in [0.717, 1.165) is 60.7 Å². The van der Waals surface area contributed by atoms with Gasteiger partial charge in [-0.1, -0.05) is 25.1 Å². The Morgan fingerprint density at radius 1 is 1.33 bits per heavy atom. The van der Waals surface area contributed by atoms with Gasteiger partial charge in [0, 0.05) is 31.6 Å². The molecule has 1 aromatic heterocycles. The Morgan fingerprint density at radius 2 is 2.19 bits per heavy atom. The van der Waals surface area contributed by atoms with Gasteiger partial charge in [-0.15, -0.1) is 0 Å². The average Bonchev–Trinajstić information content (AvgIpc) is 3.25. The van der Waals surface area contributed by atoms with Crippen LogP contribution in [0.1, 0.15) is 43.1 Å². The zero-order valence-electron chi connectivity index (χ0n) is 16.0. The van der Waals surface area contributed by atoms with Gasteiger partial charge in [-0.05, 0) is 37.3 Å². The normalized spacial score (nSPS) is 19.3. The molecule has 1 fully saturated rings. The average molecular weight is 366 g/mol. The molecule has 0 aliphatic carbocycles. The zero-order valence-corrected chi connectivity index (χ0v) is 16.0. The highest BCUT2D eigenvalue weighted by molar-refractivity contribution is 6.04. The largest absolute Gasteiger partial charge is 0.315 e. The van der Waals surface area contributed by atoms with Gasteiger partial charge < -0.3 is 14.8 Å². The van der Waals surface area contributed by atoms with Crippen LogP contribution in [-0.2, 0) is 29.0 Å². The highest BCUT2D eigenvalue weighted by Gasteiger charge is 2.36. The first-order valence-electron chi connectivity index (χ1n) is 9.82. The van der Waals surface area contributed by atoms with Gasteiger partial charge in [-0.3, -0.25) is 9.59 Å². The van der Waals surface area contributed by atoms with E-state index in [0.29, 0.717) is 6.54 Å². The summed E-state index contributed by atoms with van der Waals surface area (Å²) in [5, 5.41) is 3.01. The highest BCUT2D eigenvalue weighted by Crippen LogP contribution is 2.32. The van der Waals surface area contributed by atoms with Gasteiger partial charge in [-0.25, -0.2) is 4.98 Å². The van der Waals surface area contributed by atoms with Gasteiger partial charge in [0.25, 0.3) is 0 Å². The summed E-state index contributed by atoms with van der Waals surface area (Å²) in [4.78, 5) is 31.7. The monoisotopic (exact) mass is 366 g/mol. The molecule has 2 aliphatic rings. The second-order valence-electron chi connectivity index (χ2n) is 7.50. The van der Waals surface area contributed by atoms with Gasteiger partial charge in [0.2, 0.25) is 11.8 Å². The fourth-order valence-electron chi connectivity index (χ4n) is 4.23. The number of imidazole rings is 1. The molecule has 2 aliphatic heterocycles. The van der Waals surface area contributed by atoms with Crippen molar-refractivity contribution in [2.24, 2.45) is 5.92 Å². The molecule has 2 aromatic rings. The second kappa shape index (κ2) is 7.18. The fourth-order valence-corrected chi connectivity index (χ4v) is 4.23. The summed E-state index contributed by atoms with van der Waals surface area (Å²) in [6.07, 6.45) is 6.06. The summed E-state index contributed by atoms with van der Waals surface area (Å²) in [6.45, 7) is 5.44. The van der Waals surface area contributed by atoms with E-state index in [1.807, 2.05) is 19.1 Å². The first kappa shape index (κ1) is 17.8. The van der Waals surface area contributed by atoms with Crippen molar-refractivity contribution in [1.29, 1.82) is 0 Å². The Bertz CT molecular complexity index is 886. The lowest BCUT2D eigenvalue weighted by Gasteiger charge is -2.22. The number of rotatable bonds is 4. The van der Waals surface area contributed by atoms with Crippen LogP contribution in [0, 0.1) is 12.8 Å². The minimum atomic E-state index is -0.337. The Kier molecular flexibility index (Phi) is 4.72. The van der Waals surface area contributed by atoms with E-state index in [9.17, 15) is 9.59 Å². The number of amides is 2. The number of aryl methyl sites for hydroxylation is 3. The lowest BCUT2D eigenvalue weighted by atomic mass is 10.0. The van der Waals surface area contributed by atoms with Crippen LogP contribution >= 0.6 is 0 Å². The molecule has 0 spiro atoms. The summed E-state index contributed by atoms with van der Waals surface area (Å²) in [7, 11) is 0. The first-order chi connectivity index (χ1) is 13.1. The van der Waals surface area contributed by atoms with Crippen LogP contribution in [0.5, 0.6) is 0 Å². The van der Waals surface area contributed by atoms with Crippen molar-refractivity contribution in [3.63, 3.8) is 0 Å². The van der Waals surface area contributed by atoms with Crippen LogP contribution in [0.4, 0.5) is 11.5 Å². The number of anilines is 2. The minimum absolute atomic E-state index is 0.0227. The smallest absolute Gasteiger partial charge is 0.230 e. The molecule has 3 heterocycles. The molecule has 1 atom stereocenters. The van der Waals surface area contributed by atoms with Crippen molar-refractivity contribution < 1.29 is 9.59 Å². The van der Waals surface area contributed by atoms with Crippen LogP contribution in [0.15, 0.2) is 24.4 Å². The number of hydrogen-bond acceptors (Lipinski definition) is 3. The summed E-state index contributed by atoms with van der Waals surface area (Å²) >= 11 is 0. The predicted molar refractivity (Wildman–Crippen MR) is 105 cm³/mol. The molecule has 1 aromatic carbocycles. The van der Waals surface area contributed by atoms with Crippen molar-refractivity contribution in [1.82, 2.24) is 9.55 Å². The Balaban J connectivity index is 1.51. The summed E-state index contributed by atoms with van der Waals surface area (Å²) < 4.78 is 2.09. The third-order valence-corrected chi connectivity index (χ3v) is 5.69. The predicted octanol–water partition coefficient (Wildman–Crippen LogP) is 3.08. The van der Waals surface area contributed by atoms with Crippen LogP contribution < -0.4 is 10.2 Å². The van der Waals surface area contributed by atoms with E-state index in [1.54, 1.807) is 11.1 Å². The molecule has 0 saturated carbocycles. The molecule has 1 saturated heterocycles. The van der Waals surface area contributed by atoms with Crippen LogP contribution in [0.2, 0.25) is 0 Å². The fraction of sp³-hybridized carbons (Fsp3) is 0.476. The van der Waals surface area contributed by atoms with Crippen LogP contribution in [-0.4, -0.2) is 27.9 Å². The molecular weight excluding hydrogens is 340 g/mol. The quantitative estimate of drug-likeness (QED) is 0.904. The van der Waals surface area contributed by atoms with E-state index in [-0.39, 0.29) is 24.2 Å². The number of fused-ring (bicyclic) bond motifs is 1. The number of carbonyl (C=O) groups excluding carboxylic acids is 2. The third-order valence-electron chi connectivity index (χ3n) is 5.69. The van der Waals surface area contributed by atoms with Crippen molar-refractivity contribution in [2.45, 2.75) is 52.5 Å². The third kappa shape index (κ3) is 3.24.